The molecule has 1 aromatic rings. The molecule has 1 N–H and O–H groups in total. The van der Waals surface area contributed by atoms with Gasteiger partial charge < -0.3 is 10.2 Å². The van der Waals surface area contributed by atoms with Crippen LogP contribution in [0.4, 0.5) is 5.95 Å². The molecule has 1 aromatic heterocycles. The number of nitrogens with one attached hydrogen (secondary N) is 1. The molecule has 5 nitrogen and oxygen atoms in total. The van der Waals surface area contributed by atoms with Crippen LogP contribution in [0.5, 0.6) is 0 Å². The van der Waals surface area contributed by atoms with E-state index in [2.05, 4.69) is 47.9 Å². The summed E-state index contributed by atoms with van der Waals surface area (Å²) in [6.45, 7) is 13.6. The molecule has 138 valence electrons. The highest BCUT2D eigenvalue weighted by atomic mass is 16.2. The molecule has 0 aromatic carbocycles. The number of hydrogen-bond acceptors (Lipinski definition) is 4. The standard InChI is InChI=1S/C20H32N4O/c1-13-9-14(2)22-18(21-13)24-10-16(8-7-15(24)3)23-17(25)20(6)11-19(4,5)12-20/h9,15-16H,7-8,10-12H2,1-6H3,(H,23,25). The highest BCUT2D eigenvalue weighted by Crippen LogP contribution is 2.53. The number of hydrogen-bond donors (Lipinski definition) is 1. The summed E-state index contributed by atoms with van der Waals surface area (Å²) in [6.07, 6.45) is 4.01. The molecule has 1 amide bonds. The molecule has 2 unspecified atom stereocenters. The fourth-order valence-corrected chi connectivity index (χ4v) is 4.92. The summed E-state index contributed by atoms with van der Waals surface area (Å²) in [5, 5.41) is 3.31. The number of aryl methyl sites for hydroxylation is 2. The predicted octanol–water partition coefficient (Wildman–Crippen LogP) is 3.39. The fraction of sp³-hybridized carbons (Fsp3) is 0.750. The zero-order chi connectivity index (χ0) is 18.4. The molecule has 3 rings (SSSR count). The first-order valence-electron chi connectivity index (χ1n) is 9.48. The van der Waals surface area contributed by atoms with Crippen molar-refractivity contribution in [3.05, 3.63) is 17.5 Å². The van der Waals surface area contributed by atoms with E-state index in [1.807, 2.05) is 19.9 Å². The fourth-order valence-electron chi connectivity index (χ4n) is 4.92. The van der Waals surface area contributed by atoms with E-state index in [-0.39, 0.29) is 17.4 Å². The third-order valence-electron chi connectivity index (χ3n) is 5.73. The van der Waals surface area contributed by atoms with Gasteiger partial charge in [-0.1, -0.05) is 20.8 Å². The minimum atomic E-state index is -0.201. The first-order valence-corrected chi connectivity index (χ1v) is 9.48. The summed E-state index contributed by atoms with van der Waals surface area (Å²) in [5.41, 5.74) is 2.08. The predicted molar refractivity (Wildman–Crippen MR) is 101 cm³/mol. The second-order valence-electron chi connectivity index (χ2n) is 9.28. The first-order chi connectivity index (χ1) is 11.6. The topological polar surface area (TPSA) is 58.1 Å². The molecule has 1 saturated carbocycles. The molecule has 1 aliphatic heterocycles. The van der Waals surface area contributed by atoms with Crippen molar-refractivity contribution in [3.8, 4) is 0 Å². The average Bonchev–Trinajstić information content (AvgIpc) is 2.46. The van der Waals surface area contributed by atoms with Crippen LogP contribution < -0.4 is 10.2 Å². The highest BCUT2D eigenvalue weighted by molar-refractivity contribution is 5.83. The van der Waals surface area contributed by atoms with Crippen molar-refractivity contribution < 1.29 is 4.79 Å². The molecular weight excluding hydrogens is 312 g/mol. The summed E-state index contributed by atoms with van der Waals surface area (Å²) in [4.78, 5) is 24.3. The zero-order valence-electron chi connectivity index (χ0n) is 16.5. The summed E-state index contributed by atoms with van der Waals surface area (Å²) in [5.74, 6) is 1.01. The lowest BCUT2D eigenvalue weighted by molar-refractivity contribution is -0.143. The molecule has 2 atom stereocenters. The van der Waals surface area contributed by atoms with Crippen molar-refractivity contribution in [3.63, 3.8) is 0 Å². The molecule has 25 heavy (non-hydrogen) atoms. The van der Waals surface area contributed by atoms with Gasteiger partial charge in [0.2, 0.25) is 11.9 Å². The Labute approximate surface area is 151 Å². The van der Waals surface area contributed by atoms with Gasteiger partial charge in [0, 0.05) is 35.4 Å². The maximum absolute atomic E-state index is 12.8. The molecular formula is C20H32N4O. The van der Waals surface area contributed by atoms with Crippen molar-refractivity contribution in [1.29, 1.82) is 0 Å². The van der Waals surface area contributed by atoms with Crippen molar-refractivity contribution in [1.82, 2.24) is 15.3 Å². The minimum absolute atomic E-state index is 0.175. The first kappa shape index (κ1) is 18.2. The van der Waals surface area contributed by atoms with Gasteiger partial charge in [-0.25, -0.2) is 9.97 Å². The van der Waals surface area contributed by atoms with Crippen LogP contribution in [0, 0.1) is 24.7 Å². The minimum Gasteiger partial charge on any atom is -0.351 e. The van der Waals surface area contributed by atoms with Crippen LogP contribution in [0.1, 0.15) is 64.8 Å². The quantitative estimate of drug-likeness (QED) is 0.913. The molecule has 1 saturated heterocycles. The van der Waals surface area contributed by atoms with Gasteiger partial charge in [0.05, 0.1) is 0 Å². The van der Waals surface area contributed by atoms with Gasteiger partial charge in [0.1, 0.15) is 0 Å². The maximum Gasteiger partial charge on any atom is 0.226 e. The Morgan fingerprint density at radius 2 is 1.76 bits per heavy atom. The van der Waals surface area contributed by atoms with Crippen molar-refractivity contribution in [2.75, 3.05) is 11.4 Å². The van der Waals surface area contributed by atoms with Gasteiger partial charge in [-0.05, 0) is 57.9 Å². The van der Waals surface area contributed by atoms with E-state index in [1.165, 1.54) is 0 Å². The molecule has 0 spiro atoms. The third-order valence-corrected chi connectivity index (χ3v) is 5.73. The summed E-state index contributed by atoms with van der Waals surface area (Å²) in [6, 6.07) is 2.57. The molecule has 2 fully saturated rings. The Hall–Kier alpha value is -1.65. The smallest absolute Gasteiger partial charge is 0.226 e. The molecule has 2 aliphatic rings. The largest absolute Gasteiger partial charge is 0.351 e. The van der Waals surface area contributed by atoms with E-state index in [0.29, 0.717) is 11.5 Å². The van der Waals surface area contributed by atoms with Gasteiger partial charge in [-0.15, -0.1) is 0 Å². The number of nitrogens with zero attached hydrogens (tertiary/aromatic N) is 3. The number of anilines is 1. The number of rotatable bonds is 3. The van der Waals surface area contributed by atoms with E-state index < -0.39 is 0 Å². The van der Waals surface area contributed by atoms with Crippen LogP contribution in [-0.2, 0) is 4.79 Å². The molecule has 2 heterocycles. The van der Waals surface area contributed by atoms with E-state index in [4.69, 9.17) is 0 Å². The summed E-state index contributed by atoms with van der Waals surface area (Å²) in [7, 11) is 0. The van der Waals surface area contributed by atoms with E-state index in [0.717, 1.165) is 49.6 Å². The zero-order valence-corrected chi connectivity index (χ0v) is 16.5. The maximum atomic E-state index is 12.8. The highest BCUT2D eigenvalue weighted by Gasteiger charge is 2.51. The van der Waals surface area contributed by atoms with Crippen molar-refractivity contribution in [2.24, 2.45) is 10.8 Å². The van der Waals surface area contributed by atoms with Crippen LogP contribution in [-0.4, -0.2) is 34.5 Å². The Bertz CT molecular complexity index is 641. The van der Waals surface area contributed by atoms with Gasteiger partial charge in [0.25, 0.3) is 0 Å². The second-order valence-corrected chi connectivity index (χ2v) is 9.28. The van der Waals surface area contributed by atoms with Crippen LogP contribution in [0.2, 0.25) is 0 Å². The van der Waals surface area contributed by atoms with Crippen LogP contribution in [0.15, 0.2) is 6.07 Å². The van der Waals surface area contributed by atoms with E-state index >= 15 is 0 Å². The Morgan fingerprint density at radius 1 is 1.16 bits per heavy atom. The number of carbonyl (C=O) groups is 1. The van der Waals surface area contributed by atoms with Crippen LogP contribution >= 0.6 is 0 Å². The SMILES string of the molecule is Cc1cc(C)nc(N2CC(NC(=O)C3(C)CC(C)(C)C3)CCC2C)n1. The lowest BCUT2D eigenvalue weighted by Crippen LogP contribution is -2.57. The molecule has 0 radical (unpaired) electrons. The van der Waals surface area contributed by atoms with E-state index in [9.17, 15) is 4.79 Å². The number of aromatic nitrogens is 2. The van der Waals surface area contributed by atoms with Gasteiger partial charge in [-0.2, -0.15) is 0 Å². The number of piperidine rings is 1. The van der Waals surface area contributed by atoms with Gasteiger partial charge in [0.15, 0.2) is 0 Å². The van der Waals surface area contributed by atoms with Gasteiger partial charge >= 0.3 is 0 Å². The van der Waals surface area contributed by atoms with Gasteiger partial charge in [-0.3, -0.25) is 4.79 Å². The molecule has 5 heteroatoms. The third kappa shape index (κ3) is 3.80. The lowest BCUT2D eigenvalue weighted by atomic mass is 9.55. The summed E-state index contributed by atoms with van der Waals surface area (Å²) >= 11 is 0. The van der Waals surface area contributed by atoms with Crippen LogP contribution in [0.25, 0.3) is 0 Å². The second kappa shape index (κ2) is 6.26. The Kier molecular flexibility index (Phi) is 4.54. The van der Waals surface area contributed by atoms with Crippen molar-refractivity contribution in [2.45, 2.75) is 79.3 Å². The molecule has 1 aliphatic carbocycles. The normalized spacial score (nSPS) is 27.5. The lowest BCUT2D eigenvalue weighted by Gasteiger charge is -2.50. The summed E-state index contributed by atoms with van der Waals surface area (Å²) < 4.78 is 0. The number of carbonyl (C=O) groups excluding carboxylic acids is 1. The van der Waals surface area contributed by atoms with Crippen molar-refractivity contribution >= 4 is 11.9 Å². The average molecular weight is 345 g/mol. The Balaban J connectivity index is 1.67. The molecule has 0 bridgehead atoms. The van der Waals surface area contributed by atoms with Crippen LogP contribution in [0.3, 0.4) is 0 Å². The Morgan fingerprint density at radius 3 is 2.32 bits per heavy atom. The monoisotopic (exact) mass is 344 g/mol. The number of amides is 1. The van der Waals surface area contributed by atoms with E-state index in [1.54, 1.807) is 0 Å².